The van der Waals surface area contributed by atoms with Gasteiger partial charge in [0.25, 0.3) is 0 Å². The van der Waals surface area contributed by atoms with E-state index in [4.69, 9.17) is 9.47 Å². The van der Waals surface area contributed by atoms with Gasteiger partial charge in [0.05, 0.1) is 7.76 Å². The standard InChI is InChI=1S/C8H11IO2S/c1-5-4-6(9)12-7(5)8(10-2)11-3/h4,8H,1-3H3. The Kier molecular flexibility index (Phi) is 3.95. The highest BCUT2D eigenvalue weighted by Gasteiger charge is 2.14. The summed E-state index contributed by atoms with van der Waals surface area (Å²) in [4.78, 5) is 1.16. The monoisotopic (exact) mass is 298 g/mol. The van der Waals surface area contributed by atoms with E-state index in [0.717, 1.165) is 4.88 Å². The zero-order valence-electron chi connectivity index (χ0n) is 7.26. The van der Waals surface area contributed by atoms with Gasteiger partial charge in [0, 0.05) is 14.2 Å². The second-order valence-corrected chi connectivity index (χ2v) is 5.38. The molecule has 0 saturated heterocycles. The molecule has 0 aliphatic heterocycles. The Bertz CT molecular complexity index is 256. The second kappa shape index (κ2) is 4.55. The minimum absolute atomic E-state index is 0.210. The van der Waals surface area contributed by atoms with Gasteiger partial charge in [-0.05, 0) is 41.1 Å². The summed E-state index contributed by atoms with van der Waals surface area (Å²) in [5.74, 6) is 0. The maximum atomic E-state index is 5.16. The highest BCUT2D eigenvalue weighted by Crippen LogP contribution is 2.30. The van der Waals surface area contributed by atoms with E-state index in [2.05, 4.69) is 35.6 Å². The number of ether oxygens (including phenoxy) is 2. The number of rotatable bonds is 3. The molecular weight excluding hydrogens is 287 g/mol. The molecule has 0 N–H and O–H groups in total. The molecule has 0 saturated carbocycles. The van der Waals surface area contributed by atoms with Crippen LogP contribution in [0.1, 0.15) is 16.7 Å². The lowest BCUT2D eigenvalue weighted by molar-refractivity contribution is -0.103. The molecule has 0 atom stereocenters. The van der Waals surface area contributed by atoms with Crippen LogP contribution in [-0.4, -0.2) is 14.2 Å². The van der Waals surface area contributed by atoms with Crippen molar-refractivity contribution in [2.45, 2.75) is 13.2 Å². The molecule has 0 unspecified atom stereocenters. The minimum Gasteiger partial charge on any atom is -0.351 e. The Hall–Kier alpha value is 0.350. The molecule has 0 aliphatic rings. The molecule has 2 nitrogen and oxygen atoms in total. The normalized spacial score (nSPS) is 11.1. The van der Waals surface area contributed by atoms with Crippen LogP contribution in [0, 0.1) is 9.81 Å². The summed E-state index contributed by atoms with van der Waals surface area (Å²) in [5, 5.41) is 0. The van der Waals surface area contributed by atoms with E-state index < -0.39 is 0 Å². The van der Waals surface area contributed by atoms with Crippen LogP contribution in [0.2, 0.25) is 0 Å². The second-order valence-electron chi connectivity index (χ2n) is 2.40. The van der Waals surface area contributed by atoms with Gasteiger partial charge in [-0.2, -0.15) is 0 Å². The molecule has 0 spiro atoms. The van der Waals surface area contributed by atoms with Crippen LogP contribution in [0.25, 0.3) is 0 Å². The molecule has 4 heteroatoms. The van der Waals surface area contributed by atoms with Crippen molar-refractivity contribution in [3.63, 3.8) is 0 Å². The molecule has 68 valence electrons. The lowest BCUT2D eigenvalue weighted by atomic mass is 10.3. The smallest absolute Gasteiger partial charge is 0.192 e. The van der Waals surface area contributed by atoms with Gasteiger partial charge in [-0.3, -0.25) is 0 Å². The Balaban J connectivity index is 2.91. The van der Waals surface area contributed by atoms with Crippen LogP contribution >= 0.6 is 33.9 Å². The van der Waals surface area contributed by atoms with Crippen molar-refractivity contribution < 1.29 is 9.47 Å². The summed E-state index contributed by atoms with van der Waals surface area (Å²) in [6, 6.07) is 2.13. The zero-order chi connectivity index (χ0) is 9.14. The Morgan fingerprint density at radius 2 is 2.00 bits per heavy atom. The fraction of sp³-hybridized carbons (Fsp3) is 0.500. The van der Waals surface area contributed by atoms with E-state index in [1.807, 2.05) is 0 Å². The maximum Gasteiger partial charge on any atom is 0.192 e. The third-order valence-electron chi connectivity index (χ3n) is 1.57. The Labute approximate surface area is 90.0 Å². The van der Waals surface area contributed by atoms with E-state index in [9.17, 15) is 0 Å². The summed E-state index contributed by atoms with van der Waals surface area (Å²) in [5.41, 5.74) is 1.23. The molecule has 0 amide bonds. The van der Waals surface area contributed by atoms with Crippen molar-refractivity contribution >= 4 is 33.9 Å². The minimum atomic E-state index is -0.210. The SMILES string of the molecule is COC(OC)c1sc(I)cc1C. The fourth-order valence-electron chi connectivity index (χ4n) is 1.00. The quantitative estimate of drug-likeness (QED) is 0.631. The summed E-state index contributed by atoms with van der Waals surface area (Å²) in [7, 11) is 3.31. The number of hydrogen-bond acceptors (Lipinski definition) is 3. The number of hydrogen-bond donors (Lipinski definition) is 0. The van der Waals surface area contributed by atoms with Gasteiger partial charge >= 0.3 is 0 Å². The third kappa shape index (κ3) is 2.18. The summed E-state index contributed by atoms with van der Waals surface area (Å²) in [6.45, 7) is 2.07. The first-order chi connectivity index (χ1) is 5.69. The molecule has 12 heavy (non-hydrogen) atoms. The average Bonchev–Trinajstić information content (AvgIpc) is 2.34. The first-order valence-electron chi connectivity index (χ1n) is 3.50. The average molecular weight is 298 g/mol. The van der Waals surface area contributed by atoms with Gasteiger partial charge in [-0.1, -0.05) is 0 Å². The molecule has 1 aromatic rings. The predicted octanol–water partition coefficient (Wildman–Crippen LogP) is 2.95. The molecule has 0 aromatic carbocycles. The van der Waals surface area contributed by atoms with Gasteiger partial charge in [0.15, 0.2) is 6.29 Å². The maximum absolute atomic E-state index is 5.16. The molecule has 0 radical (unpaired) electrons. The highest BCUT2D eigenvalue weighted by molar-refractivity contribution is 14.1. The Morgan fingerprint density at radius 3 is 2.33 bits per heavy atom. The third-order valence-corrected chi connectivity index (χ3v) is 3.59. The predicted molar refractivity (Wildman–Crippen MR) is 58.5 cm³/mol. The van der Waals surface area contributed by atoms with Crippen molar-refractivity contribution in [3.8, 4) is 0 Å². The van der Waals surface area contributed by atoms with Gasteiger partial charge in [-0.15, -0.1) is 11.3 Å². The molecule has 1 heterocycles. The lowest BCUT2D eigenvalue weighted by Crippen LogP contribution is -2.02. The van der Waals surface area contributed by atoms with Crippen LogP contribution < -0.4 is 0 Å². The van der Waals surface area contributed by atoms with Crippen LogP contribution in [0.5, 0.6) is 0 Å². The van der Waals surface area contributed by atoms with E-state index in [1.165, 1.54) is 8.45 Å². The van der Waals surface area contributed by atoms with Crippen LogP contribution in [-0.2, 0) is 9.47 Å². The van der Waals surface area contributed by atoms with E-state index >= 15 is 0 Å². The van der Waals surface area contributed by atoms with E-state index in [-0.39, 0.29) is 6.29 Å². The van der Waals surface area contributed by atoms with Crippen LogP contribution in [0.4, 0.5) is 0 Å². The van der Waals surface area contributed by atoms with Gasteiger partial charge < -0.3 is 9.47 Å². The lowest BCUT2D eigenvalue weighted by Gasteiger charge is -2.11. The van der Waals surface area contributed by atoms with E-state index in [0.29, 0.717) is 0 Å². The number of halogens is 1. The van der Waals surface area contributed by atoms with Crippen molar-refractivity contribution in [1.82, 2.24) is 0 Å². The van der Waals surface area contributed by atoms with Crippen molar-refractivity contribution in [2.75, 3.05) is 14.2 Å². The molecule has 1 aromatic heterocycles. The first-order valence-corrected chi connectivity index (χ1v) is 5.40. The Morgan fingerprint density at radius 1 is 1.42 bits per heavy atom. The molecule has 0 fully saturated rings. The van der Waals surface area contributed by atoms with Gasteiger partial charge in [-0.25, -0.2) is 0 Å². The summed E-state index contributed by atoms with van der Waals surface area (Å²) in [6.07, 6.45) is -0.210. The summed E-state index contributed by atoms with van der Waals surface area (Å²) >= 11 is 4.01. The van der Waals surface area contributed by atoms with Crippen molar-refractivity contribution in [3.05, 3.63) is 19.4 Å². The van der Waals surface area contributed by atoms with Crippen molar-refractivity contribution in [2.24, 2.45) is 0 Å². The fourth-order valence-corrected chi connectivity index (χ4v) is 3.13. The molecule has 1 rings (SSSR count). The first kappa shape index (κ1) is 10.4. The van der Waals surface area contributed by atoms with Gasteiger partial charge in [0.2, 0.25) is 0 Å². The number of methoxy groups -OCH3 is 2. The topological polar surface area (TPSA) is 18.5 Å². The molecule has 0 aliphatic carbocycles. The molecule has 0 bridgehead atoms. The number of thiophene rings is 1. The summed E-state index contributed by atoms with van der Waals surface area (Å²) < 4.78 is 11.6. The zero-order valence-corrected chi connectivity index (χ0v) is 10.2. The van der Waals surface area contributed by atoms with E-state index in [1.54, 1.807) is 25.6 Å². The highest BCUT2D eigenvalue weighted by atomic mass is 127. The largest absolute Gasteiger partial charge is 0.351 e. The number of aryl methyl sites for hydroxylation is 1. The van der Waals surface area contributed by atoms with Crippen LogP contribution in [0.15, 0.2) is 6.07 Å². The van der Waals surface area contributed by atoms with Gasteiger partial charge in [0.1, 0.15) is 0 Å². The van der Waals surface area contributed by atoms with Crippen molar-refractivity contribution in [1.29, 1.82) is 0 Å². The molecular formula is C8H11IO2S. The van der Waals surface area contributed by atoms with Crippen LogP contribution in [0.3, 0.4) is 0 Å².